The number of aliphatic hydroxyl groups is 1. The highest BCUT2D eigenvalue weighted by Gasteiger charge is 2.24. The third kappa shape index (κ3) is 3.35. The molecular formula is C17H25N3O2. The second-order valence-electron chi connectivity index (χ2n) is 6.28. The number of benzene rings is 1. The van der Waals surface area contributed by atoms with Gasteiger partial charge in [0.2, 0.25) is 0 Å². The monoisotopic (exact) mass is 303 g/mol. The van der Waals surface area contributed by atoms with Gasteiger partial charge in [-0.25, -0.2) is 4.79 Å². The number of amides is 2. The van der Waals surface area contributed by atoms with Crippen LogP contribution in [0.3, 0.4) is 0 Å². The molecule has 0 aromatic heterocycles. The van der Waals surface area contributed by atoms with Crippen molar-refractivity contribution in [1.82, 2.24) is 4.90 Å². The number of hydrogen-bond donors (Lipinski definition) is 2. The molecule has 2 saturated heterocycles. The first-order valence-corrected chi connectivity index (χ1v) is 8.28. The molecular weight excluding hydrogens is 278 g/mol. The van der Waals surface area contributed by atoms with Crippen molar-refractivity contribution >= 4 is 17.4 Å². The fraction of sp³-hybridized carbons (Fsp3) is 0.588. The Morgan fingerprint density at radius 2 is 1.95 bits per heavy atom. The van der Waals surface area contributed by atoms with Gasteiger partial charge in [0.25, 0.3) is 0 Å². The van der Waals surface area contributed by atoms with Crippen molar-refractivity contribution in [2.45, 2.75) is 25.7 Å². The molecule has 1 aromatic carbocycles. The molecule has 1 aromatic rings. The second kappa shape index (κ2) is 7.01. The van der Waals surface area contributed by atoms with Crippen LogP contribution >= 0.6 is 0 Å². The van der Waals surface area contributed by atoms with Gasteiger partial charge in [0.15, 0.2) is 0 Å². The van der Waals surface area contributed by atoms with Crippen LogP contribution in [-0.4, -0.2) is 48.8 Å². The summed E-state index contributed by atoms with van der Waals surface area (Å²) < 4.78 is 0. The van der Waals surface area contributed by atoms with Crippen molar-refractivity contribution in [1.29, 1.82) is 0 Å². The van der Waals surface area contributed by atoms with Crippen molar-refractivity contribution in [2.75, 3.05) is 43.0 Å². The molecule has 2 amide bonds. The molecule has 0 spiro atoms. The van der Waals surface area contributed by atoms with E-state index in [0.717, 1.165) is 43.9 Å². The Hall–Kier alpha value is -1.75. The molecule has 2 N–H and O–H groups in total. The lowest BCUT2D eigenvalue weighted by Crippen LogP contribution is -2.43. The number of anilines is 2. The first-order valence-electron chi connectivity index (χ1n) is 8.28. The molecule has 120 valence electrons. The first kappa shape index (κ1) is 15.2. The van der Waals surface area contributed by atoms with Crippen molar-refractivity contribution in [2.24, 2.45) is 5.92 Å². The highest BCUT2D eigenvalue weighted by molar-refractivity contribution is 5.93. The SMILES string of the molecule is O=C(Nc1ccccc1N1CCCC1)N1CCCC(CO)C1. The van der Waals surface area contributed by atoms with Crippen molar-refractivity contribution in [3.63, 3.8) is 0 Å². The van der Waals surface area contributed by atoms with Gasteiger partial charge in [-0.15, -0.1) is 0 Å². The van der Waals surface area contributed by atoms with Crippen molar-refractivity contribution in [3.05, 3.63) is 24.3 Å². The van der Waals surface area contributed by atoms with Gasteiger partial charge in [0, 0.05) is 32.8 Å². The molecule has 0 radical (unpaired) electrons. The third-order valence-electron chi connectivity index (χ3n) is 4.66. The largest absolute Gasteiger partial charge is 0.396 e. The molecule has 0 aliphatic carbocycles. The van der Waals surface area contributed by atoms with Crippen LogP contribution in [0.5, 0.6) is 0 Å². The Morgan fingerprint density at radius 3 is 2.73 bits per heavy atom. The van der Waals surface area contributed by atoms with E-state index in [-0.39, 0.29) is 18.6 Å². The Labute approximate surface area is 131 Å². The third-order valence-corrected chi connectivity index (χ3v) is 4.66. The zero-order valence-electron chi connectivity index (χ0n) is 13.0. The minimum absolute atomic E-state index is 0.0511. The van der Waals surface area contributed by atoms with Gasteiger partial charge < -0.3 is 20.2 Å². The summed E-state index contributed by atoms with van der Waals surface area (Å²) in [6.07, 6.45) is 4.40. The maximum Gasteiger partial charge on any atom is 0.321 e. The Morgan fingerprint density at radius 1 is 1.18 bits per heavy atom. The predicted molar refractivity (Wildman–Crippen MR) is 88.3 cm³/mol. The van der Waals surface area contributed by atoms with E-state index in [1.807, 2.05) is 23.1 Å². The number of rotatable bonds is 3. The lowest BCUT2D eigenvalue weighted by molar-refractivity contribution is 0.136. The summed E-state index contributed by atoms with van der Waals surface area (Å²) in [4.78, 5) is 16.7. The van der Waals surface area contributed by atoms with Crippen LogP contribution in [0.1, 0.15) is 25.7 Å². The summed E-state index contributed by atoms with van der Waals surface area (Å²) in [7, 11) is 0. The van der Waals surface area contributed by atoms with E-state index in [1.165, 1.54) is 12.8 Å². The summed E-state index contributed by atoms with van der Waals surface area (Å²) in [6.45, 7) is 3.70. The minimum atomic E-state index is -0.0511. The maximum atomic E-state index is 12.5. The standard InChI is InChI=1S/C17H25N3O2/c21-13-14-6-5-11-20(12-14)17(22)18-15-7-1-2-8-16(15)19-9-3-4-10-19/h1-2,7-8,14,21H,3-6,9-13H2,(H,18,22). The van der Waals surface area contributed by atoms with Crippen LogP contribution < -0.4 is 10.2 Å². The predicted octanol–water partition coefficient (Wildman–Crippen LogP) is 2.52. The Balaban J connectivity index is 1.68. The molecule has 2 aliphatic heterocycles. The van der Waals surface area contributed by atoms with Gasteiger partial charge in [-0.1, -0.05) is 12.1 Å². The molecule has 22 heavy (non-hydrogen) atoms. The van der Waals surface area contributed by atoms with Gasteiger partial charge in [-0.05, 0) is 43.7 Å². The summed E-state index contributed by atoms with van der Waals surface area (Å²) >= 11 is 0. The van der Waals surface area contributed by atoms with Crippen molar-refractivity contribution < 1.29 is 9.90 Å². The number of likely N-dealkylation sites (tertiary alicyclic amines) is 1. The second-order valence-corrected chi connectivity index (χ2v) is 6.28. The number of nitrogens with zero attached hydrogens (tertiary/aromatic N) is 2. The van der Waals surface area contributed by atoms with Crippen LogP contribution in [-0.2, 0) is 0 Å². The van der Waals surface area contributed by atoms with E-state index < -0.39 is 0 Å². The topological polar surface area (TPSA) is 55.8 Å². The molecule has 5 nitrogen and oxygen atoms in total. The number of carbonyl (C=O) groups is 1. The molecule has 0 bridgehead atoms. The van der Waals surface area contributed by atoms with Gasteiger partial charge in [-0.3, -0.25) is 0 Å². The zero-order valence-corrected chi connectivity index (χ0v) is 13.0. The molecule has 2 heterocycles. The van der Waals surface area contributed by atoms with Gasteiger partial charge >= 0.3 is 6.03 Å². The number of carbonyl (C=O) groups excluding carboxylic acids is 1. The van der Waals surface area contributed by atoms with Crippen LogP contribution in [0.4, 0.5) is 16.2 Å². The summed E-state index contributed by atoms with van der Waals surface area (Å²) in [6, 6.07) is 7.98. The van der Waals surface area contributed by atoms with E-state index in [9.17, 15) is 9.90 Å². The average molecular weight is 303 g/mol. The van der Waals surface area contributed by atoms with Crippen LogP contribution in [0.25, 0.3) is 0 Å². The van der Waals surface area contributed by atoms with Crippen LogP contribution in [0.15, 0.2) is 24.3 Å². The fourth-order valence-corrected chi connectivity index (χ4v) is 3.41. The lowest BCUT2D eigenvalue weighted by Gasteiger charge is -2.32. The number of urea groups is 1. The summed E-state index contributed by atoms with van der Waals surface area (Å²) in [5, 5.41) is 12.4. The van der Waals surface area contributed by atoms with Crippen LogP contribution in [0.2, 0.25) is 0 Å². The number of aliphatic hydroxyl groups excluding tert-OH is 1. The lowest BCUT2D eigenvalue weighted by atomic mass is 9.99. The molecule has 1 atom stereocenters. The van der Waals surface area contributed by atoms with Gasteiger partial charge in [0.1, 0.15) is 0 Å². The van der Waals surface area contributed by atoms with E-state index in [0.29, 0.717) is 6.54 Å². The summed E-state index contributed by atoms with van der Waals surface area (Å²) in [5.74, 6) is 0.216. The fourth-order valence-electron chi connectivity index (χ4n) is 3.41. The minimum Gasteiger partial charge on any atom is -0.396 e. The number of nitrogens with one attached hydrogen (secondary N) is 1. The first-order chi connectivity index (χ1) is 10.8. The quantitative estimate of drug-likeness (QED) is 0.902. The molecule has 5 heteroatoms. The van der Waals surface area contributed by atoms with E-state index in [4.69, 9.17) is 0 Å². The number of para-hydroxylation sites is 2. The number of piperidine rings is 1. The molecule has 1 unspecified atom stereocenters. The molecule has 0 saturated carbocycles. The van der Waals surface area contributed by atoms with E-state index in [1.54, 1.807) is 0 Å². The highest BCUT2D eigenvalue weighted by atomic mass is 16.3. The maximum absolute atomic E-state index is 12.5. The van der Waals surface area contributed by atoms with Gasteiger partial charge in [-0.2, -0.15) is 0 Å². The Bertz CT molecular complexity index is 514. The molecule has 3 rings (SSSR count). The number of hydrogen-bond acceptors (Lipinski definition) is 3. The average Bonchev–Trinajstić information content (AvgIpc) is 3.09. The van der Waals surface area contributed by atoms with E-state index >= 15 is 0 Å². The van der Waals surface area contributed by atoms with Crippen LogP contribution in [0, 0.1) is 5.92 Å². The normalized spacial score (nSPS) is 22.0. The highest BCUT2D eigenvalue weighted by Crippen LogP contribution is 2.29. The Kier molecular flexibility index (Phi) is 4.83. The zero-order chi connectivity index (χ0) is 15.4. The smallest absolute Gasteiger partial charge is 0.321 e. The van der Waals surface area contributed by atoms with Crippen molar-refractivity contribution in [3.8, 4) is 0 Å². The molecule has 2 aliphatic rings. The summed E-state index contributed by atoms with van der Waals surface area (Å²) in [5.41, 5.74) is 2.00. The molecule has 2 fully saturated rings. The van der Waals surface area contributed by atoms with E-state index in [2.05, 4.69) is 16.3 Å². The van der Waals surface area contributed by atoms with Gasteiger partial charge in [0.05, 0.1) is 11.4 Å².